The van der Waals surface area contributed by atoms with Gasteiger partial charge in [-0.2, -0.15) is 0 Å². The van der Waals surface area contributed by atoms with Crippen LogP contribution in [0.4, 0.5) is 0 Å². The predicted molar refractivity (Wildman–Crippen MR) is 85.3 cm³/mol. The minimum absolute atomic E-state index is 0.0800. The van der Waals surface area contributed by atoms with E-state index in [-0.39, 0.29) is 11.8 Å². The molecule has 0 bridgehead atoms. The second-order valence-corrected chi connectivity index (χ2v) is 5.95. The number of nitrogens with zero attached hydrogens (tertiary/aromatic N) is 2. The number of carbonyl (C=O) groups is 2. The molecule has 1 aromatic heterocycles. The second kappa shape index (κ2) is 6.24. The number of hydrogen-bond acceptors (Lipinski definition) is 3. The van der Waals surface area contributed by atoms with Gasteiger partial charge in [0.2, 0.25) is 11.8 Å². The van der Waals surface area contributed by atoms with Crippen LogP contribution in [0, 0.1) is 5.41 Å². The standard InChI is InChI=1S/C17H20N4O2/c1-18-15(22)14(13-5-3-2-4-6-13)20-16(23)17(7-8-17)11-21-10-9-19-12-21/h2-6,9-10,12,14H,7-8,11H2,1H3,(H,18,22)(H,20,23)/t14-/m0/s1. The van der Waals surface area contributed by atoms with Crippen LogP contribution >= 0.6 is 0 Å². The van der Waals surface area contributed by atoms with Crippen molar-refractivity contribution in [3.8, 4) is 0 Å². The molecule has 1 atom stereocenters. The molecular formula is C17H20N4O2. The van der Waals surface area contributed by atoms with E-state index in [0.29, 0.717) is 6.54 Å². The van der Waals surface area contributed by atoms with Crippen LogP contribution < -0.4 is 10.6 Å². The first-order valence-corrected chi connectivity index (χ1v) is 7.68. The first kappa shape index (κ1) is 15.3. The summed E-state index contributed by atoms with van der Waals surface area (Å²) in [7, 11) is 1.57. The summed E-state index contributed by atoms with van der Waals surface area (Å²) >= 11 is 0. The van der Waals surface area contributed by atoms with E-state index in [2.05, 4.69) is 15.6 Å². The Hall–Kier alpha value is -2.63. The Morgan fingerprint density at radius 1 is 1.30 bits per heavy atom. The number of benzene rings is 1. The van der Waals surface area contributed by atoms with Gasteiger partial charge in [0.1, 0.15) is 6.04 Å². The van der Waals surface area contributed by atoms with Crippen LogP contribution in [-0.2, 0) is 16.1 Å². The highest BCUT2D eigenvalue weighted by molar-refractivity contribution is 5.92. The average Bonchev–Trinajstić information content (AvgIpc) is 3.19. The summed E-state index contributed by atoms with van der Waals surface area (Å²) in [4.78, 5) is 28.9. The topological polar surface area (TPSA) is 76.0 Å². The molecule has 2 aromatic rings. The zero-order valence-electron chi connectivity index (χ0n) is 13.0. The lowest BCUT2D eigenvalue weighted by Gasteiger charge is -2.22. The molecule has 2 N–H and O–H groups in total. The van der Waals surface area contributed by atoms with Crippen LogP contribution in [0.15, 0.2) is 49.1 Å². The Balaban J connectivity index is 1.75. The molecule has 0 unspecified atom stereocenters. The number of nitrogens with one attached hydrogen (secondary N) is 2. The molecule has 1 heterocycles. The summed E-state index contributed by atoms with van der Waals surface area (Å²) in [6.45, 7) is 0.591. The van der Waals surface area contributed by atoms with Crippen molar-refractivity contribution in [3.05, 3.63) is 54.6 Å². The molecule has 2 amide bonds. The third-order valence-electron chi connectivity index (χ3n) is 4.30. The van der Waals surface area contributed by atoms with E-state index in [1.807, 2.05) is 41.1 Å². The molecule has 0 spiro atoms. The predicted octanol–water partition coefficient (Wildman–Crippen LogP) is 1.27. The van der Waals surface area contributed by atoms with Gasteiger partial charge in [-0.25, -0.2) is 4.98 Å². The maximum absolute atomic E-state index is 12.7. The number of rotatable bonds is 6. The van der Waals surface area contributed by atoms with Gasteiger partial charge in [-0.15, -0.1) is 0 Å². The van der Waals surface area contributed by atoms with Crippen LogP contribution in [0.3, 0.4) is 0 Å². The van der Waals surface area contributed by atoms with Gasteiger partial charge in [-0.05, 0) is 18.4 Å². The summed E-state index contributed by atoms with van der Waals surface area (Å²) in [6.07, 6.45) is 6.91. The van der Waals surface area contributed by atoms with E-state index < -0.39 is 11.5 Å². The van der Waals surface area contributed by atoms with E-state index in [1.54, 1.807) is 19.6 Å². The highest BCUT2D eigenvalue weighted by Crippen LogP contribution is 2.47. The third-order valence-corrected chi connectivity index (χ3v) is 4.30. The van der Waals surface area contributed by atoms with Crippen molar-refractivity contribution in [2.24, 2.45) is 5.41 Å². The lowest BCUT2D eigenvalue weighted by Crippen LogP contribution is -2.43. The first-order valence-electron chi connectivity index (χ1n) is 7.68. The fraction of sp³-hybridized carbons (Fsp3) is 0.353. The fourth-order valence-corrected chi connectivity index (χ4v) is 2.71. The van der Waals surface area contributed by atoms with Gasteiger partial charge >= 0.3 is 0 Å². The SMILES string of the molecule is CNC(=O)[C@@H](NC(=O)C1(Cn2ccnc2)CC1)c1ccccc1. The number of carbonyl (C=O) groups excluding carboxylic acids is 2. The van der Waals surface area contributed by atoms with Gasteiger partial charge in [0.25, 0.3) is 0 Å². The van der Waals surface area contributed by atoms with Gasteiger partial charge in [0, 0.05) is 26.0 Å². The Bertz CT molecular complexity index is 678. The van der Waals surface area contributed by atoms with Crippen LogP contribution in [0.2, 0.25) is 0 Å². The van der Waals surface area contributed by atoms with Crippen molar-refractivity contribution in [2.75, 3.05) is 7.05 Å². The van der Waals surface area contributed by atoms with Crippen molar-refractivity contribution >= 4 is 11.8 Å². The molecule has 6 nitrogen and oxygen atoms in total. The largest absolute Gasteiger partial charge is 0.357 e. The Morgan fingerprint density at radius 3 is 2.61 bits per heavy atom. The molecule has 0 radical (unpaired) electrons. The minimum Gasteiger partial charge on any atom is -0.357 e. The number of likely N-dealkylation sites (N-methyl/N-ethyl adjacent to an activating group) is 1. The van der Waals surface area contributed by atoms with Crippen molar-refractivity contribution in [1.82, 2.24) is 20.2 Å². The highest BCUT2D eigenvalue weighted by atomic mass is 16.2. The monoisotopic (exact) mass is 312 g/mol. The van der Waals surface area contributed by atoms with Gasteiger partial charge in [0.05, 0.1) is 11.7 Å². The normalized spacial score (nSPS) is 16.4. The maximum atomic E-state index is 12.7. The zero-order chi connectivity index (χ0) is 16.3. The average molecular weight is 312 g/mol. The maximum Gasteiger partial charge on any atom is 0.246 e. The molecule has 1 aliphatic carbocycles. The smallest absolute Gasteiger partial charge is 0.246 e. The summed E-state index contributed by atoms with van der Waals surface area (Å²) in [5.41, 5.74) is 0.348. The number of aromatic nitrogens is 2. The van der Waals surface area contributed by atoms with Gasteiger partial charge in [-0.3, -0.25) is 9.59 Å². The van der Waals surface area contributed by atoms with Crippen molar-refractivity contribution in [1.29, 1.82) is 0 Å². The second-order valence-electron chi connectivity index (χ2n) is 5.95. The lowest BCUT2D eigenvalue weighted by molar-refractivity contribution is -0.132. The molecule has 1 aliphatic rings. The van der Waals surface area contributed by atoms with E-state index in [4.69, 9.17) is 0 Å². The third kappa shape index (κ3) is 3.26. The minimum atomic E-state index is -0.672. The summed E-state index contributed by atoms with van der Waals surface area (Å²) in [6, 6.07) is 8.61. The Kier molecular flexibility index (Phi) is 4.14. The molecule has 1 saturated carbocycles. The number of hydrogen-bond donors (Lipinski definition) is 2. The van der Waals surface area contributed by atoms with Crippen LogP contribution in [0.25, 0.3) is 0 Å². The van der Waals surface area contributed by atoms with E-state index >= 15 is 0 Å². The van der Waals surface area contributed by atoms with E-state index in [9.17, 15) is 9.59 Å². The van der Waals surface area contributed by atoms with E-state index in [1.165, 1.54) is 0 Å². The molecule has 3 rings (SSSR count). The van der Waals surface area contributed by atoms with Crippen LogP contribution in [0.5, 0.6) is 0 Å². The summed E-state index contributed by atoms with van der Waals surface area (Å²) in [5, 5.41) is 5.53. The van der Waals surface area contributed by atoms with Gasteiger partial charge in [-0.1, -0.05) is 30.3 Å². The van der Waals surface area contributed by atoms with Crippen molar-refractivity contribution < 1.29 is 9.59 Å². The fourth-order valence-electron chi connectivity index (χ4n) is 2.71. The van der Waals surface area contributed by atoms with Crippen molar-refractivity contribution in [2.45, 2.75) is 25.4 Å². The number of amides is 2. The molecule has 1 aromatic carbocycles. The molecular weight excluding hydrogens is 292 g/mol. The van der Waals surface area contributed by atoms with Gasteiger partial charge < -0.3 is 15.2 Å². The van der Waals surface area contributed by atoms with Crippen LogP contribution in [-0.4, -0.2) is 28.4 Å². The van der Waals surface area contributed by atoms with Crippen molar-refractivity contribution in [3.63, 3.8) is 0 Å². The molecule has 0 saturated heterocycles. The molecule has 1 fully saturated rings. The number of imidazole rings is 1. The summed E-state index contributed by atoms with van der Waals surface area (Å²) in [5.74, 6) is -0.299. The zero-order valence-corrected chi connectivity index (χ0v) is 13.0. The Morgan fingerprint density at radius 2 is 2.04 bits per heavy atom. The summed E-state index contributed by atoms with van der Waals surface area (Å²) < 4.78 is 1.91. The van der Waals surface area contributed by atoms with E-state index in [0.717, 1.165) is 18.4 Å². The molecule has 0 aliphatic heterocycles. The Labute approximate surface area is 134 Å². The molecule has 23 heavy (non-hydrogen) atoms. The molecule has 6 heteroatoms. The van der Waals surface area contributed by atoms with Gasteiger partial charge in [0.15, 0.2) is 0 Å². The van der Waals surface area contributed by atoms with Crippen LogP contribution in [0.1, 0.15) is 24.4 Å². The quantitative estimate of drug-likeness (QED) is 0.843. The highest BCUT2D eigenvalue weighted by Gasteiger charge is 2.50. The molecule has 120 valence electrons. The lowest BCUT2D eigenvalue weighted by atomic mass is 10.0. The first-order chi connectivity index (χ1) is 11.1.